The predicted molar refractivity (Wildman–Crippen MR) is 80.7 cm³/mol. The maximum atomic E-state index is 5.77. The van der Waals surface area contributed by atoms with E-state index < -0.39 is 0 Å². The largest absolute Gasteiger partial charge is 0.325 e. The first kappa shape index (κ1) is 12.6. The average molecular weight is 263 g/mol. The Bertz CT molecular complexity index is 686. The molecule has 0 saturated heterocycles. The van der Waals surface area contributed by atoms with Gasteiger partial charge in [0.1, 0.15) is 0 Å². The van der Waals surface area contributed by atoms with E-state index in [0.29, 0.717) is 6.54 Å². The van der Waals surface area contributed by atoms with Gasteiger partial charge in [0, 0.05) is 12.7 Å². The van der Waals surface area contributed by atoms with Gasteiger partial charge in [0.25, 0.3) is 0 Å². The Morgan fingerprint density at radius 2 is 1.70 bits per heavy atom. The van der Waals surface area contributed by atoms with E-state index in [0.717, 1.165) is 17.8 Å². The molecule has 0 radical (unpaired) electrons. The molecule has 2 N–H and O–H groups in total. The molecule has 1 heterocycles. The van der Waals surface area contributed by atoms with Crippen molar-refractivity contribution in [2.45, 2.75) is 13.0 Å². The second-order valence-corrected chi connectivity index (χ2v) is 4.75. The minimum absolute atomic E-state index is 0.486. The number of hydrogen-bond donors (Lipinski definition) is 1. The summed E-state index contributed by atoms with van der Waals surface area (Å²) < 4.78 is 2.07. The maximum absolute atomic E-state index is 5.77. The molecule has 0 atom stereocenters. The molecule has 100 valence electrons. The maximum Gasteiger partial charge on any atom is 0.0994 e. The second kappa shape index (κ2) is 5.72. The van der Waals surface area contributed by atoms with Crippen molar-refractivity contribution in [2.75, 3.05) is 0 Å². The van der Waals surface area contributed by atoms with Crippen LogP contribution in [0.1, 0.15) is 16.8 Å². The van der Waals surface area contributed by atoms with Crippen LogP contribution in [0, 0.1) is 0 Å². The summed E-state index contributed by atoms with van der Waals surface area (Å²) in [5.41, 5.74) is 10.5. The van der Waals surface area contributed by atoms with Gasteiger partial charge in [-0.2, -0.15) is 0 Å². The van der Waals surface area contributed by atoms with Gasteiger partial charge in [-0.05, 0) is 23.6 Å². The lowest BCUT2D eigenvalue weighted by Crippen LogP contribution is -2.07. The van der Waals surface area contributed by atoms with E-state index in [2.05, 4.69) is 52.0 Å². The van der Waals surface area contributed by atoms with Crippen molar-refractivity contribution >= 4 is 0 Å². The van der Waals surface area contributed by atoms with Crippen molar-refractivity contribution in [2.24, 2.45) is 5.73 Å². The normalized spacial score (nSPS) is 10.7. The summed E-state index contributed by atoms with van der Waals surface area (Å²) in [5.74, 6) is 0. The van der Waals surface area contributed by atoms with Crippen LogP contribution in [0.2, 0.25) is 0 Å². The van der Waals surface area contributed by atoms with Crippen LogP contribution in [-0.2, 0) is 13.0 Å². The molecule has 3 nitrogen and oxygen atoms in total. The molecule has 0 unspecified atom stereocenters. The third-order valence-electron chi connectivity index (χ3n) is 3.41. The Hall–Kier alpha value is -2.39. The Morgan fingerprint density at radius 3 is 2.50 bits per heavy atom. The van der Waals surface area contributed by atoms with Gasteiger partial charge in [-0.15, -0.1) is 0 Å². The van der Waals surface area contributed by atoms with Gasteiger partial charge >= 0.3 is 0 Å². The number of imidazole rings is 1. The molecule has 20 heavy (non-hydrogen) atoms. The second-order valence-electron chi connectivity index (χ2n) is 4.75. The molecule has 0 amide bonds. The molecule has 0 aliphatic carbocycles. The summed E-state index contributed by atoms with van der Waals surface area (Å²) in [6.07, 6.45) is 4.55. The first-order valence-corrected chi connectivity index (χ1v) is 6.72. The summed E-state index contributed by atoms with van der Waals surface area (Å²) in [6.45, 7) is 0.486. The van der Waals surface area contributed by atoms with E-state index >= 15 is 0 Å². The topological polar surface area (TPSA) is 43.8 Å². The Kier molecular flexibility index (Phi) is 3.61. The SMILES string of the molecule is NCc1cncn1-c1ccccc1Cc1ccccc1. The molecule has 0 bridgehead atoms. The highest BCUT2D eigenvalue weighted by molar-refractivity contribution is 5.44. The molecule has 3 rings (SSSR count). The summed E-state index contributed by atoms with van der Waals surface area (Å²) in [4.78, 5) is 4.20. The lowest BCUT2D eigenvalue weighted by molar-refractivity contribution is 0.898. The Morgan fingerprint density at radius 1 is 0.950 bits per heavy atom. The number of benzene rings is 2. The number of nitrogens with zero attached hydrogens (tertiary/aromatic N) is 2. The molecule has 1 aromatic heterocycles. The van der Waals surface area contributed by atoms with E-state index in [1.165, 1.54) is 11.1 Å². The summed E-state index contributed by atoms with van der Waals surface area (Å²) >= 11 is 0. The van der Waals surface area contributed by atoms with Gasteiger partial charge in [0.15, 0.2) is 0 Å². The fourth-order valence-corrected chi connectivity index (χ4v) is 2.40. The predicted octanol–water partition coefficient (Wildman–Crippen LogP) is 2.92. The van der Waals surface area contributed by atoms with Crippen molar-refractivity contribution in [1.82, 2.24) is 9.55 Å². The Balaban J connectivity index is 2.01. The van der Waals surface area contributed by atoms with Gasteiger partial charge in [-0.25, -0.2) is 4.98 Å². The van der Waals surface area contributed by atoms with Crippen molar-refractivity contribution in [1.29, 1.82) is 0 Å². The lowest BCUT2D eigenvalue weighted by Gasteiger charge is -2.12. The van der Waals surface area contributed by atoms with Crippen molar-refractivity contribution in [3.63, 3.8) is 0 Å². The molecule has 0 fully saturated rings. The lowest BCUT2D eigenvalue weighted by atomic mass is 10.0. The van der Waals surface area contributed by atoms with Crippen LogP contribution < -0.4 is 5.73 Å². The van der Waals surface area contributed by atoms with Crippen LogP contribution in [-0.4, -0.2) is 9.55 Å². The van der Waals surface area contributed by atoms with Crippen LogP contribution in [0.3, 0.4) is 0 Å². The summed E-state index contributed by atoms with van der Waals surface area (Å²) in [5, 5.41) is 0. The number of nitrogens with two attached hydrogens (primary N) is 1. The molecule has 0 saturated carbocycles. The molecule has 3 heteroatoms. The molecular weight excluding hydrogens is 246 g/mol. The summed E-state index contributed by atoms with van der Waals surface area (Å²) in [6, 6.07) is 18.9. The highest BCUT2D eigenvalue weighted by Gasteiger charge is 2.08. The molecular formula is C17H17N3. The minimum atomic E-state index is 0.486. The van der Waals surface area contributed by atoms with Gasteiger partial charge < -0.3 is 10.3 Å². The van der Waals surface area contributed by atoms with E-state index in [4.69, 9.17) is 5.73 Å². The highest BCUT2D eigenvalue weighted by Crippen LogP contribution is 2.19. The summed E-state index contributed by atoms with van der Waals surface area (Å²) in [7, 11) is 0. The smallest absolute Gasteiger partial charge is 0.0994 e. The standard InChI is InChI=1S/C17H17N3/c18-11-16-12-19-13-20(16)17-9-5-4-8-15(17)10-14-6-2-1-3-7-14/h1-9,12-13H,10-11,18H2. The molecule has 0 aliphatic rings. The van der Waals surface area contributed by atoms with Gasteiger partial charge in [-0.1, -0.05) is 48.5 Å². The van der Waals surface area contributed by atoms with E-state index in [-0.39, 0.29) is 0 Å². The van der Waals surface area contributed by atoms with Gasteiger partial charge in [0.2, 0.25) is 0 Å². The number of hydrogen-bond acceptors (Lipinski definition) is 2. The molecule has 0 aliphatic heterocycles. The van der Waals surface area contributed by atoms with Crippen LogP contribution in [0.5, 0.6) is 0 Å². The third-order valence-corrected chi connectivity index (χ3v) is 3.41. The quantitative estimate of drug-likeness (QED) is 0.786. The first-order chi connectivity index (χ1) is 9.88. The zero-order chi connectivity index (χ0) is 13.8. The Labute approximate surface area is 118 Å². The number of para-hydroxylation sites is 1. The molecule has 0 spiro atoms. The van der Waals surface area contributed by atoms with Gasteiger partial charge in [-0.3, -0.25) is 0 Å². The monoisotopic (exact) mass is 263 g/mol. The molecule has 2 aromatic carbocycles. The number of rotatable bonds is 4. The minimum Gasteiger partial charge on any atom is -0.325 e. The third kappa shape index (κ3) is 2.49. The first-order valence-electron chi connectivity index (χ1n) is 6.72. The van der Waals surface area contributed by atoms with Crippen molar-refractivity contribution in [3.05, 3.63) is 83.9 Å². The van der Waals surface area contributed by atoms with E-state index in [9.17, 15) is 0 Å². The van der Waals surface area contributed by atoms with Gasteiger partial charge in [0.05, 0.1) is 17.7 Å². The fraction of sp³-hybridized carbons (Fsp3) is 0.118. The number of aromatic nitrogens is 2. The molecule has 3 aromatic rings. The van der Waals surface area contributed by atoms with Crippen LogP contribution in [0.25, 0.3) is 5.69 Å². The van der Waals surface area contributed by atoms with E-state index in [1.54, 1.807) is 0 Å². The van der Waals surface area contributed by atoms with E-state index in [1.807, 2.05) is 24.7 Å². The van der Waals surface area contributed by atoms with Crippen molar-refractivity contribution in [3.8, 4) is 5.69 Å². The average Bonchev–Trinajstić information content (AvgIpc) is 2.97. The fourth-order valence-electron chi connectivity index (χ4n) is 2.40. The van der Waals surface area contributed by atoms with Crippen molar-refractivity contribution < 1.29 is 0 Å². The zero-order valence-corrected chi connectivity index (χ0v) is 11.2. The van der Waals surface area contributed by atoms with Crippen LogP contribution in [0.4, 0.5) is 0 Å². The zero-order valence-electron chi connectivity index (χ0n) is 11.2. The van der Waals surface area contributed by atoms with Crippen LogP contribution in [0.15, 0.2) is 67.1 Å². The highest BCUT2D eigenvalue weighted by atomic mass is 15.1. The van der Waals surface area contributed by atoms with Crippen LogP contribution >= 0.6 is 0 Å².